The van der Waals surface area contributed by atoms with Crippen LogP contribution in [0.15, 0.2) is 18.2 Å². The molecule has 2 aliphatic rings. The minimum Gasteiger partial charge on any atom is -0.486 e. The molecule has 3 rings (SSSR count). The van der Waals surface area contributed by atoms with E-state index in [1.54, 1.807) is 0 Å². The van der Waals surface area contributed by atoms with Gasteiger partial charge in [-0.1, -0.05) is 17.7 Å². The second kappa shape index (κ2) is 3.92. The van der Waals surface area contributed by atoms with Crippen molar-refractivity contribution in [1.29, 1.82) is 0 Å². The topological polar surface area (TPSA) is 35.2 Å². The third kappa shape index (κ3) is 1.76. The quantitative estimate of drug-likeness (QED) is 0.767. The van der Waals surface area contributed by atoms with Gasteiger partial charge < -0.3 is 10.5 Å². The number of thioether (sulfide) groups is 1. The van der Waals surface area contributed by atoms with Crippen LogP contribution in [0.5, 0.6) is 5.75 Å². The van der Waals surface area contributed by atoms with Crippen LogP contribution in [0.3, 0.4) is 0 Å². The lowest BCUT2D eigenvalue weighted by molar-refractivity contribution is 0.0410. The summed E-state index contributed by atoms with van der Waals surface area (Å²) in [5.41, 5.74) is 8.76. The summed E-state index contributed by atoms with van der Waals surface area (Å²) in [7, 11) is 0. The van der Waals surface area contributed by atoms with Crippen molar-refractivity contribution in [3.05, 3.63) is 29.3 Å². The average molecular weight is 249 g/mol. The van der Waals surface area contributed by atoms with Crippen molar-refractivity contribution in [2.75, 3.05) is 5.75 Å². The number of hydrogen-bond donors (Lipinski definition) is 1. The molecule has 3 heteroatoms. The van der Waals surface area contributed by atoms with Gasteiger partial charge >= 0.3 is 0 Å². The van der Waals surface area contributed by atoms with Gasteiger partial charge in [-0.15, -0.1) is 0 Å². The van der Waals surface area contributed by atoms with Crippen molar-refractivity contribution in [2.45, 2.75) is 43.6 Å². The molecule has 2 unspecified atom stereocenters. The van der Waals surface area contributed by atoms with E-state index in [1.165, 1.54) is 16.9 Å². The van der Waals surface area contributed by atoms with Gasteiger partial charge in [0.2, 0.25) is 0 Å². The number of nitrogens with two attached hydrogens (primary N) is 1. The molecule has 92 valence electrons. The van der Waals surface area contributed by atoms with E-state index in [9.17, 15) is 0 Å². The Morgan fingerprint density at radius 1 is 1.47 bits per heavy atom. The predicted octanol–water partition coefficient (Wildman–Crippen LogP) is 3.04. The third-order valence-electron chi connectivity index (χ3n) is 4.08. The molecular formula is C14H19NOS. The molecule has 17 heavy (non-hydrogen) atoms. The van der Waals surface area contributed by atoms with Crippen molar-refractivity contribution in [3.63, 3.8) is 0 Å². The maximum Gasteiger partial charge on any atom is 0.124 e. The highest BCUT2D eigenvalue weighted by Crippen LogP contribution is 2.48. The maximum absolute atomic E-state index is 6.34. The van der Waals surface area contributed by atoms with Crippen molar-refractivity contribution >= 4 is 11.8 Å². The van der Waals surface area contributed by atoms with Gasteiger partial charge in [0.1, 0.15) is 11.4 Å². The average Bonchev–Trinajstić information content (AvgIpc) is 2.62. The third-order valence-corrected chi connectivity index (χ3v) is 5.45. The largest absolute Gasteiger partial charge is 0.486 e. The van der Waals surface area contributed by atoms with Gasteiger partial charge in [0.15, 0.2) is 0 Å². The monoisotopic (exact) mass is 249 g/mol. The van der Waals surface area contributed by atoms with Gasteiger partial charge in [0, 0.05) is 23.3 Å². The number of rotatable bonds is 0. The summed E-state index contributed by atoms with van der Waals surface area (Å²) in [6, 6.07) is 6.48. The van der Waals surface area contributed by atoms with Gasteiger partial charge in [0.05, 0.1) is 0 Å². The Kier molecular flexibility index (Phi) is 2.64. The van der Waals surface area contributed by atoms with E-state index in [-0.39, 0.29) is 11.6 Å². The van der Waals surface area contributed by atoms with Gasteiger partial charge in [-0.25, -0.2) is 0 Å². The molecule has 1 aromatic rings. The molecule has 1 aromatic carbocycles. The van der Waals surface area contributed by atoms with E-state index in [2.05, 4.69) is 32.0 Å². The van der Waals surface area contributed by atoms with E-state index in [4.69, 9.17) is 10.5 Å². The van der Waals surface area contributed by atoms with E-state index < -0.39 is 0 Å². The smallest absolute Gasteiger partial charge is 0.124 e. The van der Waals surface area contributed by atoms with Crippen LogP contribution in [0, 0.1) is 6.92 Å². The minimum atomic E-state index is -0.0215. The Labute approximate surface area is 107 Å². The van der Waals surface area contributed by atoms with Crippen LogP contribution in [0.1, 0.15) is 36.9 Å². The number of benzene rings is 1. The van der Waals surface area contributed by atoms with Crippen LogP contribution in [-0.4, -0.2) is 16.6 Å². The number of fused-ring (bicyclic) bond motifs is 1. The molecule has 0 aliphatic carbocycles. The highest BCUT2D eigenvalue weighted by atomic mass is 32.2. The first-order chi connectivity index (χ1) is 8.11. The Morgan fingerprint density at radius 2 is 2.29 bits per heavy atom. The van der Waals surface area contributed by atoms with Crippen molar-refractivity contribution in [2.24, 2.45) is 5.73 Å². The maximum atomic E-state index is 6.34. The van der Waals surface area contributed by atoms with E-state index in [1.807, 2.05) is 11.8 Å². The SMILES string of the molecule is Cc1ccc2c(c1)[C@@H](N)CC1(CCSC1C)O2. The molecule has 2 N–H and O–H groups in total. The fourth-order valence-electron chi connectivity index (χ4n) is 2.96. The molecule has 3 atom stereocenters. The Bertz CT molecular complexity index is 448. The molecule has 0 radical (unpaired) electrons. The Balaban J connectivity index is 2.01. The van der Waals surface area contributed by atoms with Gasteiger partial charge in [-0.3, -0.25) is 0 Å². The zero-order valence-electron chi connectivity index (χ0n) is 10.4. The first-order valence-corrected chi connectivity index (χ1v) is 7.32. The van der Waals surface area contributed by atoms with E-state index in [0.29, 0.717) is 5.25 Å². The van der Waals surface area contributed by atoms with E-state index >= 15 is 0 Å². The summed E-state index contributed by atoms with van der Waals surface area (Å²) in [5, 5.41) is 0.544. The highest BCUT2D eigenvalue weighted by Gasteiger charge is 2.47. The summed E-state index contributed by atoms with van der Waals surface area (Å²) in [6.45, 7) is 4.37. The molecule has 0 bridgehead atoms. The highest BCUT2D eigenvalue weighted by molar-refractivity contribution is 8.00. The zero-order valence-corrected chi connectivity index (χ0v) is 11.2. The summed E-state index contributed by atoms with van der Waals surface area (Å²) in [5.74, 6) is 2.19. The number of aryl methyl sites for hydroxylation is 1. The van der Waals surface area contributed by atoms with Crippen molar-refractivity contribution in [1.82, 2.24) is 0 Å². The fourth-order valence-corrected chi connectivity index (χ4v) is 4.34. The molecule has 2 aliphatic heterocycles. The molecule has 0 saturated carbocycles. The summed E-state index contributed by atoms with van der Waals surface area (Å²) in [4.78, 5) is 0. The Hall–Kier alpha value is -0.670. The molecule has 1 spiro atoms. The summed E-state index contributed by atoms with van der Waals surface area (Å²) < 4.78 is 6.32. The molecule has 2 heterocycles. The summed E-state index contributed by atoms with van der Waals surface area (Å²) >= 11 is 2.00. The van der Waals surface area contributed by atoms with Crippen LogP contribution in [0.2, 0.25) is 0 Å². The van der Waals surface area contributed by atoms with Crippen LogP contribution in [-0.2, 0) is 0 Å². The number of ether oxygens (including phenoxy) is 1. The zero-order chi connectivity index (χ0) is 12.0. The molecule has 2 nitrogen and oxygen atoms in total. The normalized spacial score (nSPS) is 35.7. The van der Waals surface area contributed by atoms with Crippen LogP contribution in [0.25, 0.3) is 0 Å². The van der Waals surface area contributed by atoms with Crippen LogP contribution in [0.4, 0.5) is 0 Å². The lowest BCUT2D eigenvalue weighted by Crippen LogP contribution is -2.47. The van der Waals surface area contributed by atoms with Crippen molar-refractivity contribution in [3.8, 4) is 5.75 Å². The minimum absolute atomic E-state index is 0.0215. The lowest BCUT2D eigenvalue weighted by atomic mass is 9.83. The molecule has 0 amide bonds. The molecule has 1 saturated heterocycles. The second-order valence-corrected chi connectivity index (χ2v) is 6.73. The predicted molar refractivity (Wildman–Crippen MR) is 72.6 cm³/mol. The standard InChI is InChI=1S/C14H19NOS/c1-9-3-4-13-11(7-9)12(15)8-14(16-13)5-6-17-10(14)2/h3-4,7,10,12H,5-6,8,15H2,1-2H3/t10?,12-,14?/m0/s1. The lowest BCUT2D eigenvalue weighted by Gasteiger charge is -2.41. The molecular weight excluding hydrogens is 230 g/mol. The molecule has 1 fully saturated rings. The van der Waals surface area contributed by atoms with Crippen LogP contribution < -0.4 is 10.5 Å². The molecule has 0 aromatic heterocycles. The number of hydrogen-bond acceptors (Lipinski definition) is 3. The van der Waals surface area contributed by atoms with Crippen LogP contribution >= 0.6 is 11.8 Å². The van der Waals surface area contributed by atoms with E-state index in [0.717, 1.165) is 18.6 Å². The summed E-state index contributed by atoms with van der Waals surface area (Å²) in [6.07, 6.45) is 2.08. The van der Waals surface area contributed by atoms with Gasteiger partial charge in [0.25, 0.3) is 0 Å². The van der Waals surface area contributed by atoms with Crippen molar-refractivity contribution < 1.29 is 4.74 Å². The van der Waals surface area contributed by atoms with Gasteiger partial charge in [-0.05, 0) is 32.1 Å². The Morgan fingerprint density at radius 3 is 3.00 bits per heavy atom. The fraction of sp³-hybridized carbons (Fsp3) is 0.571. The first-order valence-electron chi connectivity index (χ1n) is 6.27. The van der Waals surface area contributed by atoms with Gasteiger partial charge in [-0.2, -0.15) is 11.8 Å². The first kappa shape index (κ1) is 11.4. The second-order valence-electron chi connectivity index (χ2n) is 5.28.